The van der Waals surface area contributed by atoms with Crippen LogP contribution in [0.2, 0.25) is 0 Å². The van der Waals surface area contributed by atoms with Crippen LogP contribution in [0, 0.1) is 45.3 Å². The van der Waals surface area contributed by atoms with Crippen molar-refractivity contribution >= 4 is 65.4 Å². The Kier molecular flexibility index (Phi) is 9.19. The smallest absolute Gasteiger partial charge is 0.161 e. The maximum Gasteiger partial charge on any atom is 0.161 e. The summed E-state index contributed by atoms with van der Waals surface area (Å²) in [4.78, 5) is 9.97. The lowest BCUT2D eigenvalue weighted by atomic mass is 10.0. The minimum Gasteiger partial charge on any atom is -0.309 e. The van der Waals surface area contributed by atoms with E-state index in [2.05, 4.69) is 147 Å². The summed E-state index contributed by atoms with van der Waals surface area (Å²) >= 11 is 0. The molecule has 0 aliphatic carbocycles. The quantitative estimate of drug-likeness (QED) is 0.163. The van der Waals surface area contributed by atoms with E-state index in [1.165, 1.54) is 10.8 Å². The second-order valence-corrected chi connectivity index (χ2v) is 17.5. The van der Waals surface area contributed by atoms with Crippen molar-refractivity contribution in [1.82, 2.24) is 23.7 Å². The highest BCUT2D eigenvalue weighted by atomic mass is 15.0. The molecule has 4 heterocycles. The standard InChI is InChI=1S/C62H33N9/c63-34-38-17-25-58-50(29-38)51-30-39(35-64)18-26-59(51)71(58)45-24-28-61-53(32-45)52-31-44(70-56-15-7-5-13-48(56)49-14-6-8-16-57(49)70)23-27-60(52)69(61)43-21-19-40(20-22-43)54-33-55(46-11-3-1-9-41(46)36-65)68-62(67-54)47-12-4-2-10-42(47)37-66/h1-33H. The van der Waals surface area contributed by atoms with Crippen LogP contribution in [0.5, 0.6) is 0 Å². The topological polar surface area (TPSA) is 136 Å². The van der Waals surface area contributed by atoms with Gasteiger partial charge in [-0.05, 0) is 121 Å². The average molecular weight is 904 g/mol. The third-order valence-electron chi connectivity index (χ3n) is 13.6. The number of fused-ring (bicyclic) bond motifs is 9. The van der Waals surface area contributed by atoms with Gasteiger partial charge in [-0.15, -0.1) is 0 Å². The Hall–Kier alpha value is -10.6. The van der Waals surface area contributed by atoms with Gasteiger partial charge in [-0.1, -0.05) is 78.9 Å². The number of nitriles is 4. The van der Waals surface area contributed by atoms with Gasteiger partial charge < -0.3 is 13.7 Å². The lowest BCUT2D eigenvalue weighted by Gasteiger charge is -2.13. The highest BCUT2D eigenvalue weighted by Gasteiger charge is 2.21. The van der Waals surface area contributed by atoms with Crippen molar-refractivity contribution in [1.29, 1.82) is 21.0 Å². The minimum atomic E-state index is 0.392. The summed E-state index contributed by atoms with van der Waals surface area (Å²) in [6, 6.07) is 75.8. The van der Waals surface area contributed by atoms with E-state index in [1.807, 2.05) is 78.9 Å². The number of hydrogen-bond acceptors (Lipinski definition) is 6. The first-order valence-corrected chi connectivity index (χ1v) is 23.0. The van der Waals surface area contributed by atoms with Gasteiger partial charge in [0.15, 0.2) is 5.82 Å². The number of hydrogen-bond donors (Lipinski definition) is 0. The molecule has 4 aromatic heterocycles. The molecule has 71 heavy (non-hydrogen) atoms. The Morgan fingerprint density at radius 2 is 0.718 bits per heavy atom. The van der Waals surface area contributed by atoms with Gasteiger partial charge in [0.25, 0.3) is 0 Å². The maximum atomic E-state index is 10.1. The molecule has 0 spiro atoms. The molecule has 0 radical (unpaired) electrons. The summed E-state index contributed by atoms with van der Waals surface area (Å²) in [6.45, 7) is 0. The molecule has 326 valence electrons. The van der Waals surface area contributed by atoms with E-state index in [9.17, 15) is 21.0 Å². The molecule has 0 aliphatic heterocycles. The molecule has 0 atom stereocenters. The molecule has 9 heteroatoms. The molecule has 0 saturated heterocycles. The summed E-state index contributed by atoms with van der Waals surface area (Å²) in [7, 11) is 0. The number of benzene rings is 9. The Morgan fingerprint density at radius 1 is 0.310 bits per heavy atom. The normalized spacial score (nSPS) is 11.3. The SMILES string of the molecule is N#Cc1ccc2c(c1)c1cc(C#N)ccc1n2-c1ccc2c(c1)c1cc(-n3c4ccccc4c4ccccc43)ccc1n2-c1ccc(-c2cc(-c3ccccc3C#N)nc(-c3ccccc3C#N)n2)cc1. The Bertz CT molecular complexity index is 4380. The van der Waals surface area contributed by atoms with Crippen molar-refractivity contribution < 1.29 is 0 Å². The van der Waals surface area contributed by atoms with Crippen LogP contribution in [0.1, 0.15) is 22.3 Å². The molecule has 0 amide bonds. The van der Waals surface area contributed by atoms with Crippen molar-refractivity contribution in [3.8, 4) is 75.2 Å². The maximum absolute atomic E-state index is 10.1. The second-order valence-electron chi connectivity index (χ2n) is 17.5. The third-order valence-corrected chi connectivity index (χ3v) is 13.6. The molecule has 0 N–H and O–H groups in total. The van der Waals surface area contributed by atoms with E-state index < -0.39 is 0 Å². The minimum absolute atomic E-state index is 0.392. The second kappa shape index (κ2) is 16.0. The Labute approximate surface area is 406 Å². The Balaban J connectivity index is 1.02. The fourth-order valence-corrected chi connectivity index (χ4v) is 10.4. The van der Waals surface area contributed by atoms with Crippen LogP contribution in [0.4, 0.5) is 0 Å². The summed E-state index contributed by atoms with van der Waals surface area (Å²) in [5.74, 6) is 0.392. The number of aromatic nitrogens is 5. The van der Waals surface area contributed by atoms with Gasteiger partial charge in [-0.25, -0.2) is 9.97 Å². The van der Waals surface area contributed by atoms with E-state index in [-0.39, 0.29) is 0 Å². The van der Waals surface area contributed by atoms with E-state index in [1.54, 1.807) is 12.1 Å². The van der Waals surface area contributed by atoms with Crippen molar-refractivity contribution in [2.24, 2.45) is 0 Å². The van der Waals surface area contributed by atoms with Crippen LogP contribution in [0.15, 0.2) is 200 Å². The van der Waals surface area contributed by atoms with Crippen LogP contribution in [0.3, 0.4) is 0 Å². The molecule has 0 saturated carbocycles. The average Bonchev–Trinajstić information content (AvgIpc) is 4.07. The number of para-hydroxylation sites is 2. The first-order valence-electron chi connectivity index (χ1n) is 23.0. The molecule has 9 aromatic carbocycles. The summed E-state index contributed by atoms with van der Waals surface area (Å²) in [5, 5.41) is 46.2. The van der Waals surface area contributed by atoms with Gasteiger partial charge in [0, 0.05) is 66.1 Å². The van der Waals surface area contributed by atoms with Gasteiger partial charge >= 0.3 is 0 Å². The van der Waals surface area contributed by atoms with Gasteiger partial charge in [0.1, 0.15) is 0 Å². The van der Waals surface area contributed by atoms with Crippen molar-refractivity contribution in [2.75, 3.05) is 0 Å². The van der Waals surface area contributed by atoms with Gasteiger partial charge in [0.05, 0.1) is 91.0 Å². The van der Waals surface area contributed by atoms with Gasteiger partial charge in [-0.3, -0.25) is 0 Å². The highest BCUT2D eigenvalue weighted by Crippen LogP contribution is 2.40. The lowest BCUT2D eigenvalue weighted by Crippen LogP contribution is -1.99. The van der Waals surface area contributed by atoms with E-state index in [0.717, 1.165) is 77.3 Å². The van der Waals surface area contributed by atoms with Gasteiger partial charge in [-0.2, -0.15) is 21.0 Å². The van der Waals surface area contributed by atoms with Crippen LogP contribution in [0.25, 0.3) is 116 Å². The highest BCUT2D eigenvalue weighted by molar-refractivity contribution is 6.14. The molecule has 13 aromatic rings. The first kappa shape index (κ1) is 40.7. The molecule has 13 rings (SSSR count). The van der Waals surface area contributed by atoms with Crippen molar-refractivity contribution in [3.05, 3.63) is 222 Å². The lowest BCUT2D eigenvalue weighted by molar-refractivity contribution is 1.15. The fraction of sp³-hybridized carbons (Fsp3) is 0. The zero-order valence-corrected chi connectivity index (χ0v) is 37.6. The molecule has 0 fully saturated rings. The van der Waals surface area contributed by atoms with Crippen molar-refractivity contribution in [2.45, 2.75) is 0 Å². The number of nitrogens with zero attached hydrogens (tertiary/aromatic N) is 9. The summed E-state index contributed by atoms with van der Waals surface area (Å²) in [5.41, 5.74) is 14.4. The summed E-state index contributed by atoms with van der Waals surface area (Å²) < 4.78 is 6.85. The summed E-state index contributed by atoms with van der Waals surface area (Å²) in [6.07, 6.45) is 0. The van der Waals surface area contributed by atoms with E-state index in [4.69, 9.17) is 9.97 Å². The van der Waals surface area contributed by atoms with Crippen LogP contribution >= 0.6 is 0 Å². The third kappa shape index (κ3) is 6.37. The van der Waals surface area contributed by atoms with Crippen LogP contribution < -0.4 is 0 Å². The van der Waals surface area contributed by atoms with E-state index >= 15 is 0 Å². The predicted molar refractivity (Wildman–Crippen MR) is 280 cm³/mol. The molecular formula is C62H33N9. The van der Waals surface area contributed by atoms with Crippen LogP contribution in [-0.4, -0.2) is 23.7 Å². The van der Waals surface area contributed by atoms with Gasteiger partial charge in [0.2, 0.25) is 0 Å². The largest absolute Gasteiger partial charge is 0.309 e. The zero-order valence-electron chi connectivity index (χ0n) is 37.6. The first-order chi connectivity index (χ1) is 35.0. The van der Waals surface area contributed by atoms with E-state index in [0.29, 0.717) is 50.6 Å². The zero-order chi connectivity index (χ0) is 47.7. The molecule has 0 unspecified atom stereocenters. The molecule has 9 nitrogen and oxygen atoms in total. The molecule has 0 bridgehead atoms. The predicted octanol–water partition coefficient (Wildman–Crippen LogP) is 14.3. The molecular weight excluding hydrogens is 871 g/mol. The monoisotopic (exact) mass is 903 g/mol. The number of rotatable bonds is 6. The van der Waals surface area contributed by atoms with Crippen molar-refractivity contribution in [3.63, 3.8) is 0 Å². The molecule has 0 aliphatic rings. The Morgan fingerprint density at radius 3 is 1.25 bits per heavy atom. The fourth-order valence-electron chi connectivity index (χ4n) is 10.4. The van der Waals surface area contributed by atoms with Crippen LogP contribution in [-0.2, 0) is 0 Å².